The first-order valence-electron chi connectivity index (χ1n) is 5.82. The zero-order chi connectivity index (χ0) is 15.1. The SMILES string of the molecule is CN(Cc1ccccn1)C(=O)N[C@H](CC(N)=O)C(=O)O. The van der Waals surface area contributed by atoms with Crippen LogP contribution >= 0.6 is 0 Å². The Morgan fingerprint density at radius 3 is 2.65 bits per heavy atom. The van der Waals surface area contributed by atoms with Gasteiger partial charge in [-0.15, -0.1) is 0 Å². The molecular weight excluding hydrogens is 264 g/mol. The molecule has 20 heavy (non-hydrogen) atoms. The standard InChI is InChI=1S/C12H16N4O4/c1-16(7-8-4-2-3-5-14-8)12(20)15-9(11(18)19)6-10(13)17/h2-5,9H,6-7H2,1H3,(H2,13,17)(H,15,20)(H,18,19)/t9-/m1/s1. The summed E-state index contributed by atoms with van der Waals surface area (Å²) >= 11 is 0. The number of nitrogens with one attached hydrogen (secondary N) is 1. The molecule has 0 radical (unpaired) electrons. The number of primary amides is 1. The van der Waals surface area contributed by atoms with Gasteiger partial charge in [-0.2, -0.15) is 0 Å². The molecule has 0 saturated carbocycles. The summed E-state index contributed by atoms with van der Waals surface area (Å²) in [6, 6.07) is 3.30. The fourth-order valence-electron chi connectivity index (χ4n) is 1.47. The number of nitrogens with two attached hydrogens (primary N) is 1. The van der Waals surface area contributed by atoms with Gasteiger partial charge in [0.1, 0.15) is 6.04 Å². The number of amides is 3. The number of pyridine rings is 1. The van der Waals surface area contributed by atoms with Crippen molar-refractivity contribution in [3.05, 3.63) is 30.1 Å². The predicted molar refractivity (Wildman–Crippen MR) is 69.5 cm³/mol. The van der Waals surface area contributed by atoms with E-state index in [0.29, 0.717) is 5.69 Å². The molecule has 1 heterocycles. The van der Waals surface area contributed by atoms with Gasteiger partial charge in [-0.1, -0.05) is 6.07 Å². The zero-order valence-corrected chi connectivity index (χ0v) is 10.9. The Kier molecular flexibility index (Phi) is 5.45. The molecule has 8 nitrogen and oxygen atoms in total. The summed E-state index contributed by atoms with van der Waals surface area (Å²) in [5.41, 5.74) is 5.59. The number of carbonyl (C=O) groups excluding carboxylic acids is 2. The number of aromatic nitrogens is 1. The van der Waals surface area contributed by atoms with Crippen LogP contribution in [0.5, 0.6) is 0 Å². The van der Waals surface area contributed by atoms with Crippen LogP contribution in [0.25, 0.3) is 0 Å². The van der Waals surface area contributed by atoms with Gasteiger partial charge in [0, 0.05) is 13.2 Å². The van der Waals surface area contributed by atoms with Crippen molar-refractivity contribution in [2.24, 2.45) is 5.73 Å². The highest BCUT2D eigenvalue weighted by molar-refractivity contribution is 5.87. The van der Waals surface area contributed by atoms with Crippen molar-refractivity contribution in [2.75, 3.05) is 7.05 Å². The highest BCUT2D eigenvalue weighted by atomic mass is 16.4. The van der Waals surface area contributed by atoms with E-state index in [1.165, 1.54) is 11.9 Å². The third-order valence-electron chi connectivity index (χ3n) is 2.47. The molecule has 1 rings (SSSR count). The minimum absolute atomic E-state index is 0.218. The Morgan fingerprint density at radius 2 is 2.15 bits per heavy atom. The van der Waals surface area contributed by atoms with E-state index in [4.69, 9.17) is 10.8 Å². The van der Waals surface area contributed by atoms with E-state index in [-0.39, 0.29) is 6.54 Å². The summed E-state index contributed by atoms with van der Waals surface area (Å²) < 4.78 is 0. The van der Waals surface area contributed by atoms with E-state index in [1.807, 2.05) is 0 Å². The lowest BCUT2D eigenvalue weighted by atomic mass is 10.2. The molecule has 0 fully saturated rings. The first kappa shape index (κ1) is 15.4. The molecule has 1 aromatic heterocycles. The van der Waals surface area contributed by atoms with Crippen molar-refractivity contribution < 1.29 is 19.5 Å². The molecule has 0 unspecified atom stereocenters. The number of aliphatic carboxylic acids is 1. The maximum atomic E-state index is 11.8. The third-order valence-corrected chi connectivity index (χ3v) is 2.47. The van der Waals surface area contributed by atoms with Crippen LogP contribution in [0, 0.1) is 0 Å². The smallest absolute Gasteiger partial charge is 0.326 e. The summed E-state index contributed by atoms with van der Waals surface area (Å²) in [6.07, 6.45) is 1.13. The van der Waals surface area contributed by atoms with Crippen LogP contribution in [0.3, 0.4) is 0 Å². The Bertz CT molecular complexity index is 491. The van der Waals surface area contributed by atoms with Crippen molar-refractivity contribution in [1.29, 1.82) is 0 Å². The number of nitrogens with zero attached hydrogens (tertiary/aromatic N) is 2. The summed E-state index contributed by atoms with van der Waals surface area (Å²) in [5, 5.41) is 11.1. The molecule has 0 aliphatic carbocycles. The average molecular weight is 280 g/mol. The molecule has 0 bridgehead atoms. The van der Waals surface area contributed by atoms with Crippen molar-refractivity contribution in [3.63, 3.8) is 0 Å². The second kappa shape index (κ2) is 7.07. The molecule has 8 heteroatoms. The summed E-state index contributed by atoms with van der Waals surface area (Å²) in [4.78, 5) is 38.8. The minimum Gasteiger partial charge on any atom is -0.480 e. The van der Waals surface area contributed by atoms with E-state index < -0.39 is 30.4 Å². The second-order valence-corrected chi connectivity index (χ2v) is 4.19. The lowest BCUT2D eigenvalue weighted by Gasteiger charge is -2.20. The quantitative estimate of drug-likeness (QED) is 0.650. The van der Waals surface area contributed by atoms with Gasteiger partial charge in [0.05, 0.1) is 18.7 Å². The van der Waals surface area contributed by atoms with Crippen LogP contribution < -0.4 is 11.1 Å². The largest absolute Gasteiger partial charge is 0.480 e. The first-order valence-corrected chi connectivity index (χ1v) is 5.82. The van der Waals surface area contributed by atoms with Gasteiger partial charge in [-0.05, 0) is 12.1 Å². The van der Waals surface area contributed by atoms with Gasteiger partial charge in [-0.3, -0.25) is 9.78 Å². The maximum absolute atomic E-state index is 11.8. The fraction of sp³-hybridized carbons (Fsp3) is 0.333. The fourth-order valence-corrected chi connectivity index (χ4v) is 1.47. The molecule has 0 saturated heterocycles. The van der Waals surface area contributed by atoms with E-state index in [1.54, 1.807) is 24.4 Å². The lowest BCUT2D eigenvalue weighted by molar-refractivity contribution is -0.140. The number of carbonyl (C=O) groups is 3. The van der Waals surface area contributed by atoms with Crippen molar-refractivity contribution >= 4 is 17.9 Å². The van der Waals surface area contributed by atoms with Gasteiger partial charge < -0.3 is 21.1 Å². The van der Waals surface area contributed by atoms with Gasteiger partial charge >= 0.3 is 12.0 Å². The van der Waals surface area contributed by atoms with Gasteiger partial charge in [0.2, 0.25) is 5.91 Å². The van der Waals surface area contributed by atoms with E-state index in [9.17, 15) is 14.4 Å². The summed E-state index contributed by atoms with van der Waals surface area (Å²) in [6.45, 7) is 0.218. The molecule has 3 amide bonds. The summed E-state index contributed by atoms with van der Waals surface area (Å²) in [5.74, 6) is -2.12. The Labute approximate surface area is 115 Å². The number of hydrogen-bond donors (Lipinski definition) is 3. The Balaban J connectivity index is 2.59. The molecule has 1 aromatic rings. The summed E-state index contributed by atoms with van der Waals surface area (Å²) in [7, 11) is 1.49. The van der Waals surface area contributed by atoms with Gasteiger partial charge in [0.25, 0.3) is 0 Å². The lowest BCUT2D eigenvalue weighted by Crippen LogP contribution is -2.48. The molecule has 1 atom stereocenters. The number of urea groups is 1. The van der Waals surface area contributed by atoms with Crippen molar-refractivity contribution in [2.45, 2.75) is 19.0 Å². The number of rotatable bonds is 6. The first-order chi connectivity index (χ1) is 9.40. The van der Waals surface area contributed by atoms with Crippen LogP contribution in [-0.2, 0) is 16.1 Å². The van der Waals surface area contributed by atoms with Crippen LogP contribution in [0.2, 0.25) is 0 Å². The highest BCUT2D eigenvalue weighted by Gasteiger charge is 2.23. The van der Waals surface area contributed by atoms with E-state index >= 15 is 0 Å². The van der Waals surface area contributed by atoms with Crippen LogP contribution in [0.1, 0.15) is 12.1 Å². The zero-order valence-electron chi connectivity index (χ0n) is 10.9. The van der Waals surface area contributed by atoms with Crippen LogP contribution in [0.4, 0.5) is 4.79 Å². The Morgan fingerprint density at radius 1 is 1.45 bits per heavy atom. The molecule has 0 aliphatic rings. The average Bonchev–Trinajstić information content (AvgIpc) is 2.38. The minimum atomic E-state index is -1.34. The second-order valence-electron chi connectivity index (χ2n) is 4.19. The normalized spacial score (nSPS) is 11.4. The topological polar surface area (TPSA) is 126 Å². The van der Waals surface area contributed by atoms with E-state index in [0.717, 1.165) is 0 Å². The van der Waals surface area contributed by atoms with Crippen molar-refractivity contribution in [1.82, 2.24) is 15.2 Å². The molecular formula is C12H16N4O4. The predicted octanol–water partition coefficient (Wildman–Crippen LogP) is -0.448. The number of carboxylic acids is 1. The highest BCUT2D eigenvalue weighted by Crippen LogP contribution is 2.00. The molecule has 108 valence electrons. The van der Waals surface area contributed by atoms with E-state index in [2.05, 4.69) is 10.3 Å². The number of hydrogen-bond acceptors (Lipinski definition) is 4. The molecule has 4 N–H and O–H groups in total. The van der Waals surface area contributed by atoms with Crippen LogP contribution in [0.15, 0.2) is 24.4 Å². The van der Waals surface area contributed by atoms with Gasteiger partial charge in [-0.25, -0.2) is 9.59 Å². The Hall–Kier alpha value is -2.64. The molecule has 0 aromatic carbocycles. The number of carboxylic acid groups (broad SMARTS) is 1. The maximum Gasteiger partial charge on any atom is 0.326 e. The van der Waals surface area contributed by atoms with Crippen molar-refractivity contribution in [3.8, 4) is 0 Å². The monoisotopic (exact) mass is 280 g/mol. The third kappa shape index (κ3) is 4.92. The molecule has 0 aliphatic heterocycles. The molecule has 0 spiro atoms. The van der Waals surface area contributed by atoms with Gasteiger partial charge in [0.15, 0.2) is 0 Å². The van der Waals surface area contributed by atoms with Crippen LogP contribution in [-0.4, -0.2) is 46.0 Å².